The SMILES string of the molecule is [2H]c1c([2H])c([2H])c(-c2ccc(-c3ccc(-c4ccc5oc6c(-c7nc(-c8ccccc8)nc(-c8ccccc8)n7)cccc6c5c4)cc3)cc2)c([2H])c1[2H]. The van der Waals surface area contributed by atoms with E-state index in [4.69, 9.17) is 26.2 Å². The normalized spacial score (nSPS) is 12.7. The lowest BCUT2D eigenvalue weighted by atomic mass is 9.97. The van der Waals surface area contributed by atoms with Crippen molar-refractivity contribution >= 4 is 21.9 Å². The molecule has 0 saturated heterocycles. The van der Waals surface area contributed by atoms with Crippen LogP contribution in [0, 0.1) is 0 Å². The van der Waals surface area contributed by atoms with Gasteiger partial charge >= 0.3 is 0 Å². The minimum atomic E-state index is -0.398. The Labute approximate surface area is 291 Å². The Balaban J connectivity index is 1.05. The fraction of sp³-hybridized carbons (Fsp3) is 0. The maximum atomic E-state index is 8.32. The van der Waals surface area contributed by atoms with Gasteiger partial charge in [-0.3, -0.25) is 0 Å². The number of hydrogen-bond donors (Lipinski definition) is 0. The maximum Gasteiger partial charge on any atom is 0.167 e. The number of benzene rings is 7. The molecule has 9 aromatic rings. The van der Waals surface area contributed by atoms with E-state index in [0.29, 0.717) is 28.6 Å². The minimum absolute atomic E-state index is 0.194. The van der Waals surface area contributed by atoms with Crippen LogP contribution in [0.5, 0.6) is 0 Å². The molecule has 0 amide bonds. The highest BCUT2D eigenvalue weighted by Crippen LogP contribution is 2.38. The van der Waals surface area contributed by atoms with Crippen LogP contribution in [0.2, 0.25) is 0 Å². The van der Waals surface area contributed by atoms with Crippen molar-refractivity contribution < 1.29 is 11.3 Å². The van der Waals surface area contributed by atoms with Crippen LogP contribution in [0.1, 0.15) is 6.85 Å². The standard InChI is InChI=1S/C45H29N3O/c1-4-11-30(12-5-1)31-19-21-32(22-20-31)33-23-25-34(26-24-33)37-27-28-41-40(29-37)38-17-10-18-39(42(38)49-41)45-47-43(35-13-6-2-7-14-35)46-44(48-45)36-15-8-3-9-16-36/h1-29H/i1D,4D,5D,11D,12D. The molecule has 0 saturated carbocycles. The second-order valence-electron chi connectivity index (χ2n) is 11.7. The summed E-state index contributed by atoms with van der Waals surface area (Å²) in [7, 11) is 0. The first-order chi connectivity index (χ1) is 26.3. The molecular formula is C45H29N3O. The number of rotatable bonds is 6. The van der Waals surface area contributed by atoms with Crippen LogP contribution < -0.4 is 0 Å². The summed E-state index contributed by atoms with van der Waals surface area (Å²) in [6.07, 6.45) is 0. The molecule has 0 aliphatic carbocycles. The first-order valence-electron chi connectivity index (χ1n) is 18.4. The van der Waals surface area contributed by atoms with Crippen molar-refractivity contribution in [1.82, 2.24) is 15.0 Å². The first kappa shape index (κ1) is 23.6. The Morgan fingerprint density at radius 3 is 1.49 bits per heavy atom. The quantitative estimate of drug-likeness (QED) is 0.183. The van der Waals surface area contributed by atoms with E-state index >= 15 is 0 Å². The van der Waals surface area contributed by atoms with Gasteiger partial charge in [0.15, 0.2) is 17.5 Å². The molecule has 7 aromatic carbocycles. The van der Waals surface area contributed by atoms with Crippen molar-refractivity contribution in [3.05, 3.63) is 176 Å². The van der Waals surface area contributed by atoms with E-state index in [0.717, 1.165) is 55.3 Å². The second-order valence-corrected chi connectivity index (χ2v) is 11.7. The molecule has 0 unspecified atom stereocenters. The molecule has 4 nitrogen and oxygen atoms in total. The van der Waals surface area contributed by atoms with E-state index in [1.54, 1.807) is 12.1 Å². The van der Waals surface area contributed by atoms with E-state index in [2.05, 4.69) is 42.5 Å². The van der Waals surface area contributed by atoms with Crippen LogP contribution in [-0.4, -0.2) is 15.0 Å². The Hall–Kier alpha value is -6.65. The monoisotopic (exact) mass is 632 g/mol. The van der Waals surface area contributed by atoms with Crippen molar-refractivity contribution in [2.24, 2.45) is 0 Å². The zero-order valence-corrected chi connectivity index (χ0v) is 26.1. The number of hydrogen-bond acceptors (Lipinski definition) is 4. The molecule has 2 aromatic heterocycles. The molecule has 0 spiro atoms. The first-order valence-corrected chi connectivity index (χ1v) is 15.9. The summed E-state index contributed by atoms with van der Waals surface area (Å²) in [5.74, 6) is 1.70. The van der Waals surface area contributed by atoms with Gasteiger partial charge in [-0.05, 0) is 51.6 Å². The Bertz CT molecular complexity index is 2770. The third kappa shape index (κ3) is 5.45. The lowest BCUT2D eigenvalue weighted by Crippen LogP contribution is -2.00. The molecule has 4 heteroatoms. The molecule has 0 N–H and O–H groups in total. The molecule has 0 bridgehead atoms. The summed E-state index contributed by atoms with van der Waals surface area (Å²) >= 11 is 0. The zero-order valence-electron chi connectivity index (χ0n) is 31.1. The molecule has 0 radical (unpaired) electrons. The maximum absolute atomic E-state index is 8.32. The summed E-state index contributed by atoms with van der Waals surface area (Å²) in [5.41, 5.74) is 8.83. The number of para-hydroxylation sites is 1. The highest BCUT2D eigenvalue weighted by molar-refractivity contribution is 6.10. The van der Waals surface area contributed by atoms with Gasteiger partial charge in [-0.2, -0.15) is 0 Å². The Kier molecular flexibility index (Phi) is 5.87. The average Bonchev–Trinajstić information content (AvgIpc) is 3.61. The van der Waals surface area contributed by atoms with Crippen molar-refractivity contribution in [2.75, 3.05) is 0 Å². The molecule has 0 aliphatic heterocycles. The fourth-order valence-corrected chi connectivity index (χ4v) is 6.16. The highest BCUT2D eigenvalue weighted by Gasteiger charge is 2.18. The largest absolute Gasteiger partial charge is 0.455 e. The zero-order chi connectivity index (χ0) is 36.9. The van der Waals surface area contributed by atoms with Crippen molar-refractivity contribution in [2.45, 2.75) is 0 Å². The summed E-state index contributed by atoms with van der Waals surface area (Å²) in [6.45, 7) is 0. The van der Waals surface area contributed by atoms with E-state index in [-0.39, 0.29) is 29.7 Å². The van der Waals surface area contributed by atoms with Gasteiger partial charge in [0.05, 0.1) is 12.4 Å². The van der Waals surface area contributed by atoms with E-state index in [9.17, 15) is 0 Å². The smallest absolute Gasteiger partial charge is 0.167 e. The van der Waals surface area contributed by atoms with E-state index in [1.807, 2.05) is 91.0 Å². The summed E-state index contributed by atoms with van der Waals surface area (Å²) in [6, 6.07) is 46.2. The number of fused-ring (bicyclic) bond motifs is 3. The lowest BCUT2D eigenvalue weighted by Gasteiger charge is -2.08. The third-order valence-corrected chi connectivity index (χ3v) is 8.66. The summed E-state index contributed by atoms with van der Waals surface area (Å²) < 4.78 is 47.1. The molecule has 9 rings (SSSR count). The number of aromatic nitrogens is 3. The van der Waals surface area contributed by atoms with E-state index in [1.165, 1.54) is 0 Å². The van der Waals surface area contributed by atoms with Gasteiger partial charge in [0.1, 0.15) is 11.2 Å². The molecule has 0 aliphatic rings. The topological polar surface area (TPSA) is 51.8 Å². The molecule has 0 atom stereocenters. The molecule has 49 heavy (non-hydrogen) atoms. The van der Waals surface area contributed by atoms with Gasteiger partial charge in [0.2, 0.25) is 0 Å². The molecule has 2 heterocycles. The Morgan fingerprint density at radius 2 is 0.898 bits per heavy atom. The van der Waals surface area contributed by atoms with Crippen LogP contribution in [0.25, 0.3) is 89.5 Å². The summed E-state index contributed by atoms with van der Waals surface area (Å²) in [4.78, 5) is 14.7. The highest BCUT2D eigenvalue weighted by atomic mass is 16.3. The third-order valence-electron chi connectivity index (χ3n) is 8.66. The second kappa shape index (κ2) is 12.2. The van der Waals surface area contributed by atoms with Gasteiger partial charge in [0.25, 0.3) is 0 Å². The van der Waals surface area contributed by atoms with Crippen LogP contribution in [-0.2, 0) is 0 Å². The van der Waals surface area contributed by atoms with Gasteiger partial charge < -0.3 is 4.42 Å². The Morgan fingerprint density at radius 1 is 0.388 bits per heavy atom. The van der Waals surface area contributed by atoms with Crippen molar-refractivity contribution in [3.8, 4) is 67.5 Å². The van der Waals surface area contributed by atoms with Crippen molar-refractivity contribution in [1.29, 1.82) is 0 Å². The van der Waals surface area contributed by atoms with Gasteiger partial charge in [-0.1, -0.05) is 158 Å². The van der Waals surface area contributed by atoms with Crippen LogP contribution >= 0.6 is 0 Å². The van der Waals surface area contributed by atoms with Gasteiger partial charge in [0, 0.05) is 21.9 Å². The van der Waals surface area contributed by atoms with Crippen molar-refractivity contribution in [3.63, 3.8) is 0 Å². The summed E-state index contributed by atoms with van der Waals surface area (Å²) in [5, 5.41) is 1.94. The molecule has 230 valence electrons. The minimum Gasteiger partial charge on any atom is -0.455 e. The molecule has 0 fully saturated rings. The van der Waals surface area contributed by atoms with Crippen LogP contribution in [0.3, 0.4) is 0 Å². The fourth-order valence-electron chi connectivity index (χ4n) is 6.16. The average molecular weight is 633 g/mol. The van der Waals surface area contributed by atoms with Gasteiger partial charge in [-0.15, -0.1) is 0 Å². The van der Waals surface area contributed by atoms with Crippen LogP contribution in [0.4, 0.5) is 0 Å². The number of furan rings is 1. The molecular weight excluding hydrogens is 599 g/mol. The van der Waals surface area contributed by atoms with Crippen LogP contribution in [0.15, 0.2) is 180 Å². The van der Waals surface area contributed by atoms with E-state index < -0.39 is 6.04 Å². The number of nitrogens with zero attached hydrogens (tertiary/aromatic N) is 3. The van der Waals surface area contributed by atoms with Gasteiger partial charge in [-0.25, -0.2) is 15.0 Å². The lowest BCUT2D eigenvalue weighted by molar-refractivity contribution is 0.669. The predicted octanol–water partition coefficient (Wildman–Crippen LogP) is 11.8. The predicted molar refractivity (Wildman–Crippen MR) is 200 cm³/mol.